The second-order valence-electron chi connectivity index (χ2n) is 6.53. The van der Waals surface area contributed by atoms with E-state index in [9.17, 15) is 9.59 Å². The summed E-state index contributed by atoms with van der Waals surface area (Å²) in [5.41, 5.74) is 3.14. The monoisotopic (exact) mass is 301 g/mol. The molecule has 5 nitrogen and oxygen atoms in total. The molecule has 0 radical (unpaired) electrons. The molecular weight excluding hydrogens is 278 g/mol. The maximum atomic E-state index is 12.1. The number of benzene rings is 1. The van der Waals surface area contributed by atoms with Gasteiger partial charge in [0.05, 0.1) is 6.42 Å². The van der Waals surface area contributed by atoms with Gasteiger partial charge in [0, 0.05) is 44.0 Å². The van der Waals surface area contributed by atoms with Gasteiger partial charge in [0.25, 0.3) is 0 Å². The van der Waals surface area contributed by atoms with Crippen molar-refractivity contribution in [3.8, 4) is 0 Å². The van der Waals surface area contributed by atoms with Gasteiger partial charge in [-0.15, -0.1) is 0 Å². The molecule has 0 aromatic heterocycles. The van der Waals surface area contributed by atoms with Crippen LogP contribution in [0, 0.1) is 5.92 Å². The van der Waals surface area contributed by atoms with Crippen LogP contribution >= 0.6 is 0 Å². The third kappa shape index (κ3) is 3.08. The highest BCUT2D eigenvalue weighted by Gasteiger charge is 2.23. The maximum Gasteiger partial charge on any atom is 0.228 e. The zero-order valence-electron chi connectivity index (χ0n) is 13.3. The van der Waals surface area contributed by atoms with E-state index in [2.05, 4.69) is 36.2 Å². The van der Waals surface area contributed by atoms with Crippen LogP contribution in [0.1, 0.15) is 25.8 Å². The number of carbonyl (C=O) groups excluding carboxylic acids is 2. The first-order chi connectivity index (χ1) is 10.5. The van der Waals surface area contributed by atoms with Crippen LogP contribution in [0.25, 0.3) is 0 Å². The number of anilines is 2. The maximum absolute atomic E-state index is 12.1. The highest BCUT2D eigenvalue weighted by atomic mass is 16.2. The lowest BCUT2D eigenvalue weighted by atomic mass is 10.1. The lowest BCUT2D eigenvalue weighted by Gasteiger charge is -2.36. The van der Waals surface area contributed by atoms with Gasteiger partial charge in [-0.1, -0.05) is 13.8 Å². The van der Waals surface area contributed by atoms with E-state index in [1.54, 1.807) is 0 Å². The summed E-state index contributed by atoms with van der Waals surface area (Å²) in [5.74, 6) is 0.738. The Bertz CT molecular complexity index is 590. The van der Waals surface area contributed by atoms with Gasteiger partial charge in [0.15, 0.2) is 0 Å². The van der Waals surface area contributed by atoms with E-state index in [4.69, 9.17) is 0 Å². The Morgan fingerprint density at radius 2 is 1.95 bits per heavy atom. The Balaban J connectivity index is 1.61. The zero-order chi connectivity index (χ0) is 15.7. The summed E-state index contributed by atoms with van der Waals surface area (Å²) in [7, 11) is 0. The number of nitrogens with zero attached hydrogens (tertiary/aromatic N) is 2. The minimum Gasteiger partial charge on any atom is -0.368 e. The first-order valence-corrected chi connectivity index (χ1v) is 7.98. The molecule has 22 heavy (non-hydrogen) atoms. The van der Waals surface area contributed by atoms with Crippen LogP contribution in [0.5, 0.6) is 0 Å². The summed E-state index contributed by atoms with van der Waals surface area (Å²) >= 11 is 0. The van der Waals surface area contributed by atoms with Crippen LogP contribution in [0.3, 0.4) is 0 Å². The van der Waals surface area contributed by atoms with Crippen molar-refractivity contribution < 1.29 is 9.59 Å². The highest BCUT2D eigenvalue weighted by molar-refractivity contribution is 5.99. The molecule has 0 bridgehead atoms. The van der Waals surface area contributed by atoms with E-state index >= 15 is 0 Å². The van der Waals surface area contributed by atoms with Gasteiger partial charge in [0.2, 0.25) is 11.8 Å². The van der Waals surface area contributed by atoms with Crippen LogP contribution in [0.4, 0.5) is 11.4 Å². The van der Waals surface area contributed by atoms with Gasteiger partial charge in [-0.3, -0.25) is 9.59 Å². The topological polar surface area (TPSA) is 52.7 Å². The molecule has 0 saturated carbocycles. The summed E-state index contributed by atoms with van der Waals surface area (Å²) in [4.78, 5) is 27.8. The van der Waals surface area contributed by atoms with Crippen molar-refractivity contribution in [3.05, 3.63) is 23.8 Å². The van der Waals surface area contributed by atoms with Crippen molar-refractivity contribution in [1.82, 2.24) is 4.90 Å². The normalized spacial score (nSPS) is 17.7. The zero-order valence-corrected chi connectivity index (χ0v) is 13.3. The first kappa shape index (κ1) is 14.9. The number of amides is 2. The molecule has 0 unspecified atom stereocenters. The van der Waals surface area contributed by atoms with Crippen molar-refractivity contribution >= 4 is 23.2 Å². The molecule has 1 N–H and O–H groups in total. The molecule has 2 aliphatic rings. The molecule has 0 atom stereocenters. The predicted octanol–water partition coefficient (Wildman–Crippen LogP) is 1.88. The van der Waals surface area contributed by atoms with Gasteiger partial charge < -0.3 is 15.1 Å². The molecule has 1 aromatic carbocycles. The minimum atomic E-state index is 0.0660. The number of fused-ring (bicyclic) bond motifs is 1. The Hall–Kier alpha value is -2.04. The van der Waals surface area contributed by atoms with Crippen LogP contribution in [-0.2, 0) is 16.0 Å². The summed E-state index contributed by atoms with van der Waals surface area (Å²) in [6.45, 7) is 7.41. The molecule has 2 aliphatic heterocycles. The van der Waals surface area contributed by atoms with Gasteiger partial charge in [0.1, 0.15) is 0 Å². The number of hydrogen-bond acceptors (Lipinski definition) is 3. The van der Waals surface area contributed by atoms with Crippen molar-refractivity contribution in [3.63, 3.8) is 0 Å². The lowest BCUT2D eigenvalue weighted by molar-refractivity contribution is -0.132. The molecule has 0 aliphatic carbocycles. The minimum absolute atomic E-state index is 0.0660. The second kappa shape index (κ2) is 5.99. The largest absolute Gasteiger partial charge is 0.368 e. The van der Waals surface area contributed by atoms with E-state index < -0.39 is 0 Å². The fourth-order valence-electron chi connectivity index (χ4n) is 3.10. The fourth-order valence-corrected chi connectivity index (χ4v) is 3.10. The summed E-state index contributed by atoms with van der Waals surface area (Å²) in [6, 6.07) is 6.13. The molecular formula is C17H23N3O2. The lowest BCUT2D eigenvalue weighted by Crippen LogP contribution is -2.49. The van der Waals surface area contributed by atoms with Gasteiger partial charge >= 0.3 is 0 Å². The van der Waals surface area contributed by atoms with Crippen molar-refractivity contribution in [2.45, 2.75) is 26.7 Å². The van der Waals surface area contributed by atoms with Gasteiger partial charge in [-0.25, -0.2) is 0 Å². The van der Waals surface area contributed by atoms with Crippen molar-refractivity contribution in [2.75, 3.05) is 36.4 Å². The first-order valence-electron chi connectivity index (χ1n) is 7.98. The second-order valence-corrected chi connectivity index (χ2v) is 6.53. The highest BCUT2D eigenvalue weighted by Crippen LogP contribution is 2.28. The average molecular weight is 301 g/mol. The molecule has 118 valence electrons. The fraction of sp³-hybridized carbons (Fsp3) is 0.529. The van der Waals surface area contributed by atoms with Gasteiger partial charge in [-0.05, 0) is 29.7 Å². The van der Waals surface area contributed by atoms with Crippen molar-refractivity contribution in [1.29, 1.82) is 0 Å². The average Bonchev–Trinajstić information content (AvgIpc) is 2.85. The Labute approximate surface area is 131 Å². The SMILES string of the molecule is CC(C)CC(=O)N1CCN(c2ccc3c(c2)CC(=O)N3)CC1. The van der Waals surface area contributed by atoms with Crippen LogP contribution in [0.15, 0.2) is 18.2 Å². The quantitative estimate of drug-likeness (QED) is 0.927. The predicted molar refractivity (Wildman–Crippen MR) is 87.0 cm³/mol. The van der Waals surface area contributed by atoms with E-state index in [1.165, 1.54) is 0 Å². The Morgan fingerprint density at radius 1 is 1.23 bits per heavy atom. The van der Waals surface area contributed by atoms with E-state index in [0.29, 0.717) is 18.8 Å². The van der Waals surface area contributed by atoms with E-state index in [-0.39, 0.29) is 11.8 Å². The third-order valence-electron chi connectivity index (χ3n) is 4.29. The standard InChI is InChI=1S/C17H23N3O2/c1-12(2)9-17(22)20-7-5-19(6-8-20)14-3-4-15-13(10-14)11-16(21)18-15/h3-4,10,12H,5-9,11H2,1-2H3,(H,18,21). The van der Waals surface area contributed by atoms with Crippen LogP contribution in [-0.4, -0.2) is 42.9 Å². The van der Waals surface area contributed by atoms with Gasteiger partial charge in [-0.2, -0.15) is 0 Å². The molecule has 1 saturated heterocycles. The summed E-state index contributed by atoms with van der Waals surface area (Å²) in [5, 5.41) is 2.86. The molecule has 3 rings (SSSR count). The number of piperazine rings is 1. The number of nitrogens with one attached hydrogen (secondary N) is 1. The third-order valence-corrected chi connectivity index (χ3v) is 4.29. The van der Waals surface area contributed by atoms with Crippen LogP contribution in [0.2, 0.25) is 0 Å². The van der Waals surface area contributed by atoms with Crippen molar-refractivity contribution in [2.24, 2.45) is 5.92 Å². The number of carbonyl (C=O) groups is 2. The number of hydrogen-bond donors (Lipinski definition) is 1. The molecule has 2 heterocycles. The summed E-state index contributed by atoms with van der Waals surface area (Å²) in [6.07, 6.45) is 1.10. The van der Waals surface area contributed by atoms with Crippen LogP contribution < -0.4 is 10.2 Å². The molecule has 1 fully saturated rings. The van der Waals surface area contributed by atoms with E-state index in [1.807, 2.05) is 11.0 Å². The molecule has 5 heteroatoms. The Kier molecular flexibility index (Phi) is 4.05. The smallest absolute Gasteiger partial charge is 0.228 e. The van der Waals surface area contributed by atoms with E-state index in [0.717, 1.165) is 43.1 Å². The molecule has 0 spiro atoms. The Morgan fingerprint density at radius 3 is 2.64 bits per heavy atom. The summed E-state index contributed by atoms with van der Waals surface area (Å²) < 4.78 is 0. The molecule has 2 amide bonds. The molecule has 1 aromatic rings. The number of rotatable bonds is 3.